The van der Waals surface area contributed by atoms with Crippen LogP contribution in [-0.2, 0) is 21.5 Å². The molecule has 0 aromatic heterocycles. The summed E-state index contributed by atoms with van der Waals surface area (Å²) in [5.74, 6) is 0. The summed E-state index contributed by atoms with van der Waals surface area (Å²) < 4.78 is 12.0. The molecule has 1 nitrogen and oxygen atoms in total. The fraction of sp³-hybridized carbons (Fsp3) is 0.909. The Kier molecular flexibility index (Phi) is 37.0. The van der Waals surface area contributed by atoms with Crippen molar-refractivity contribution in [3.05, 3.63) is 0 Å². The van der Waals surface area contributed by atoms with Crippen LogP contribution in [0.1, 0.15) is 20.8 Å². The molecule has 0 aromatic carbocycles. The molecule has 0 saturated carbocycles. The maximum atomic E-state index is 10.1. The van der Waals surface area contributed by atoms with E-state index in [2.05, 4.69) is 60.8 Å². The molecule has 0 bridgehead atoms. The number of halogens is 2. The van der Waals surface area contributed by atoms with Crippen molar-refractivity contribution in [1.29, 1.82) is 0 Å². The molecule has 0 amide bonds. The summed E-state index contributed by atoms with van der Waals surface area (Å²) >= 11 is -1.27. The molecule has 0 aliphatic heterocycles. The van der Waals surface area contributed by atoms with Crippen LogP contribution in [0.15, 0.2) is 0 Å². The minimum Gasteiger partial charge on any atom is -0.147 e. The molecule has 6 heteroatoms. The van der Waals surface area contributed by atoms with Crippen LogP contribution < -0.4 is 0 Å². The molecule has 0 fully saturated rings. The van der Waals surface area contributed by atoms with Crippen molar-refractivity contribution < 1.29 is 21.5 Å². The molecule has 0 atom stereocenters. The quantitative estimate of drug-likeness (QED) is 0.457. The van der Waals surface area contributed by atoms with Crippen molar-refractivity contribution in [1.82, 2.24) is 0 Å². The van der Waals surface area contributed by atoms with Gasteiger partial charge in [-0.05, 0) is 15.8 Å². The Balaban J connectivity index is -0.0000000425. The van der Waals surface area contributed by atoms with Gasteiger partial charge in [0.25, 0.3) is 0 Å². The minimum absolute atomic E-state index is 0. The molecule has 0 N–H and O–H groups in total. The van der Waals surface area contributed by atoms with E-state index in [0.29, 0.717) is 0 Å². The topological polar surface area (TPSA) is 17.1 Å². The monoisotopic (exact) mass is 496 g/mol. The Morgan fingerprint density at radius 3 is 1.00 bits per heavy atom. The van der Waals surface area contributed by atoms with Gasteiger partial charge in [0.15, 0.2) is 0 Å². The van der Waals surface area contributed by atoms with Crippen LogP contribution in [0.3, 0.4) is 0 Å². The van der Waals surface area contributed by atoms with E-state index in [-0.39, 0.29) is 46.1 Å². The second-order valence-electron chi connectivity index (χ2n) is 5.58. The summed E-state index contributed by atoms with van der Waals surface area (Å²) in [7, 11) is 0.241. The largest absolute Gasteiger partial charge is 0.147 e. The van der Waals surface area contributed by atoms with Gasteiger partial charge < -0.3 is 0 Å². The van der Waals surface area contributed by atoms with E-state index in [1.54, 1.807) is 0 Å². The maximum Gasteiger partial charge on any atom is 0.0461 e. The summed E-state index contributed by atoms with van der Waals surface area (Å²) in [5, 5.41) is 0. The first-order valence-corrected chi connectivity index (χ1v) is 14.1. The Morgan fingerprint density at radius 1 is 0.824 bits per heavy atom. The van der Waals surface area contributed by atoms with Crippen LogP contribution in [-0.4, -0.2) is 44.4 Å². The molecule has 0 heterocycles. The molecule has 0 spiro atoms. The third kappa shape index (κ3) is 132. The summed E-state index contributed by atoms with van der Waals surface area (Å²) in [5.41, 5.74) is 0.187. The SMILES string of the molecule is CC(C)(C)[CH]=[W]=[O].C[PH+](C)C.C[PH+](C)C.Cl.Cl. The average molecular weight is 497 g/mol. The first-order valence-electron chi connectivity index (χ1n) is 5.19. The van der Waals surface area contributed by atoms with Gasteiger partial charge in [0.2, 0.25) is 0 Å². The van der Waals surface area contributed by atoms with E-state index in [1.807, 2.05) is 4.40 Å². The van der Waals surface area contributed by atoms with Crippen molar-refractivity contribution in [2.24, 2.45) is 5.41 Å². The Hall–Kier alpha value is 1.80. The standard InChI is InChI=1S/C5H10.2C3H9P.2ClH.O.W/c1-5(2,3)4;2*1-4(2)3;;;;/h1H,2-4H3;2*1-3H3;2*1H;;/p+2. The smallest absolute Gasteiger partial charge is 0.0461 e. The molecule has 0 unspecified atom stereocenters. The Bertz CT molecular complexity index is 165. The van der Waals surface area contributed by atoms with E-state index in [9.17, 15) is 3.40 Å². The van der Waals surface area contributed by atoms with Gasteiger partial charge in [0.05, 0.1) is 0 Å². The van der Waals surface area contributed by atoms with E-state index in [1.165, 1.54) is 0 Å². The first kappa shape index (κ1) is 31.3. The minimum atomic E-state index is -1.27. The molecule has 0 rings (SSSR count). The number of hydrogen-bond donors (Lipinski definition) is 0. The summed E-state index contributed by atoms with van der Waals surface area (Å²) in [4.78, 5) is 0. The maximum absolute atomic E-state index is 10.1. The van der Waals surface area contributed by atoms with E-state index in [4.69, 9.17) is 0 Å². The van der Waals surface area contributed by atoms with E-state index >= 15 is 0 Å². The van der Waals surface area contributed by atoms with Crippen LogP contribution in [0.2, 0.25) is 0 Å². The van der Waals surface area contributed by atoms with Gasteiger partial charge in [-0.2, -0.15) is 0 Å². The predicted octanol–water partition coefficient (Wildman–Crippen LogP) is 4.29. The van der Waals surface area contributed by atoms with Crippen LogP contribution >= 0.6 is 40.7 Å². The van der Waals surface area contributed by atoms with Gasteiger partial charge in [-0.3, -0.25) is 0 Å². The van der Waals surface area contributed by atoms with E-state index in [0.717, 1.165) is 0 Å². The molecule has 0 saturated heterocycles. The van der Waals surface area contributed by atoms with Gasteiger partial charge in [-0.1, -0.05) is 0 Å². The van der Waals surface area contributed by atoms with Crippen LogP contribution in [0.25, 0.3) is 0 Å². The van der Waals surface area contributed by atoms with Crippen molar-refractivity contribution >= 4 is 45.1 Å². The second-order valence-corrected chi connectivity index (χ2v) is 13.1. The Morgan fingerprint density at radius 2 is 1.00 bits per heavy atom. The molecule has 0 aliphatic rings. The normalized spacial score (nSPS) is 8.65. The van der Waals surface area contributed by atoms with Crippen LogP contribution in [0.5, 0.6) is 0 Å². The van der Waals surface area contributed by atoms with Crippen LogP contribution in [0, 0.1) is 5.41 Å². The van der Waals surface area contributed by atoms with Gasteiger partial charge >= 0.3 is 52.0 Å². The number of hydrogen-bond acceptors (Lipinski definition) is 1. The zero-order valence-electron chi connectivity index (χ0n) is 12.7. The van der Waals surface area contributed by atoms with Crippen LogP contribution in [0.4, 0.5) is 0 Å². The zero-order chi connectivity index (χ0) is 13.1. The van der Waals surface area contributed by atoms with Crippen molar-refractivity contribution in [3.8, 4) is 0 Å². The number of rotatable bonds is 0. The molecule has 0 radical (unpaired) electrons. The molecule has 110 valence electrons. The van der Waals surface area contributed by atoms with Crippen molar-refractivity contribution in [2.45, 2.75) is 20.8 Å². The molecule has 0 aliphatic carbocycles. The molecular weight excluding hydrogens is 465 g/mol. The fourth-order valence-corrected chi connectivity index (χ4v) is 1.18. The third-order valence-electron chi connectivity index (χ3n) is 0.402. The summed E-state index contributed by atoms with van der Waals surface area (Å²) in [6, 6.07) is 0. The van der Waals surface area contributed by atoms with Gasteiger partial charge in [0, 0.05) is 40.0 Å². The summed E-state index contributed by atoms with van der Waals surface area (Å²) in [6.07, 6.45) is 0. The summed E-state index contributed by atoms with van der Waals surface area (Å²) in [6.45, 7) is 19.8. The molecular formula is C11H32Cl2OP2W+2. The fourth-order valence-electron chi connectivity index (χ4n) is 0.144. The second kappa shape index (κ2) is 20.1. The van der Waals surface area contributed by atoms with E-state index < -0.39 is 18.1 Å². The first-order chi connectivity index (χ1) is 6.52. The van der Waals surface area contributed by atoms with Crippen molar-refractivity contribution in [2.75, 3.05) is 40.0 Å². The predicted molar refractivity (Wildman–Crippen MR) is 92.9 cm³/mol. The van der Waals surface area contributed by atoms with Gasteiger partial charge in [-0.25, -0.2) is 0 Å². The zero-order valence-corrected chi connectivity index (χ0v) is 19.3. The molecule has 17 heavy (non-hydrogen) atoms. The molecule has 0 aromatic rings. The average Bonchev–Trinajstić information content (AvgIpc) is 1.79. The third-order valence-corrected chi connectivity index (χ3v) is 3.29. The van der Waals surface area contributed by atoms with Gasteiger partial charge in [0.1, 0.15) is 0 Å². The van der Waals surface area contributed by atoms with Crippen molar-refractivity contribution in [3.63, 3.8) is 0 Å². The Labute approximate surface area is 132 Å². The van der Waals surface area contributed by atoms with Gasteiger partial charge in [-0.15, -0.1) is 24.8 Å².